The first-order valence-electron chi connectivity index (χ1n) is 9.78. The van der Waals surface area contributed by atoms with Crippen LogP contribution in [0, 0.1) is 10.1 Å². The van der Waals surface area contributed by atoms with Crippen molar-refractivity contribution in [3.05, 3.63) is 130 Å². The van der Waals surface area contributed by atoms with Crippen molar-refractivity contribution in [1.29, 1.82) is 0 Å². The Morgan fingerprint density at radius 2 is 1.74 bits per heavy atom. The molecule has 0 aliphatic carbocycles. The molecule has 0 spiro atoms. The number of hydrogen-bond donors (Lipinski definition) is 0. The molecule has 2 aromatic carbocycles. The van der Waals surface area contributed by atoms with Crippen molar-refractivity contribution < 1.29 is 9.72 Å². The SMILES string of the molecule is O=C1C(c2cccc([N+](=O)[O-])c2)=C(c2cccnc2)N2C=CC=CC12c1ccccc1. The molecule has 1 unspecified atom stereocenters. The van der Waals surface area contributed by atoms with E-state index in [1.165, 1.54) is 12.1 Å². The molecule has 6 heteroatoms. The van der Waals surface area contributed by atoms with E-state index in [1.807, 2.05) is 71.8 Å². The first-order chi connectivity index (χ1) is 15.1. The number of Topliss-reactive ketones (excluding diaryl/α,β-unsaturated/α-hetero) is 1. The van der Waals surface area contributed by atoms with Gasteiger partial charge in [0.2, 0.25) is 0 Å². The third-order valence-electron chi connectivity index (χ3n) is 5.61. The quantitative estimate of drug-likeness (QED) is 0.462. The number of nitro benzene ring substituents is 1. The van der Waals surface area contributed by atoms with Gasteiger partial charge in [-0.2, -0.15) is 0 Å². The number of nitro groups is 1. The van der Waals surface area contributed by atoms with Crippen molar-refractivity contribution in [3.63, 3.8) is 0 Å². The van der Waals surface area contributed by atoms with Crippen molar-refractivity contribution in [2.45, 2.75) is 5.54 Å². The molecular formula is C25H17N3O3. The Labute approximate surface area is 178 Å². The van der Waals surface area contributed by atoms with E-state index in [0.29, 0.717) is 16.8 Å². The van der Waals surface area contributed by atoms with Crippen LogP contribution in [-0.4, -0.2) is 20.6 Å². The molecule has 2 aliphatic rings. The highest BCUT2D eigenvalue weighted by Gasteiger charge is 2.52. The zero-order valence-electron chi connectivity index (χ0n) is 16.4. The summed E-state index contributed by atoms with van der Waals surface area (Å²) in [5.41, 5.74) is 2.05. The summed E-state index contributed by atoms with van der Waals surface area (Å²) in [5.74, 6) is -0.140. The smallest absolute Gasteiger partial charge is 0.270 e. The first kappa shape index (κ1) is 18.7. The number of carbonyl (C=O) groups is 1. The fourth-order valence-electron chi connectivity index (χ4n) is 4.27. The molecule has 3 heterocycles. The average Bonchev–Trinajstić information content (AvgIpc) is 3.10. The molecule has 0 fully saturated rings. The average molecular weight is 407 g/mol. The molecule has 2 aliphatic heterocycles. The number of ketones is 1. The van der Waals surface area contributed by atoms with Gasteiger partial charge >= 0.3 is 0 Å². The highest BCUT2D eigenvalue weighted by molar-refractivity contribution is 6.35. The Hall–Kier alpha value is -4.32. The lowest BCUT2D eigenvalue weighted by atomic mass is 9.81. The van der Waals surface area contributed by atoms with Crippen LogP contribution < -0.4 is 0 Å². The third-order valence-corrected chi connectivity index (χ3v) is 5.61. The predicted octanol–water partition coefficient (Wildman–Crippen LogP) is 4.72. The molecule has 5 rings (SSSR count). The lowest BCUT2D eigenvalue weighted by Gasteiger charge is -2.37. The van der Waals surface area contributed by atoms with Gasteiger partial charge in [0.1, 0.15) is 0 Å². The van der Waals surface area contributed by atoms with Crippen LogP contribution in [-0.2, 0) is 10.3 Å². The molecule has 0 bridgehead atoms. The molecule has 0 saturated carbocycles. The molecule has 6 nitrogen and oxygen atoms in total. The lowest BCUT2D eigenvalue weighted by Crippen LogP contribution is -2.43. The van der Waals surface area contributed by atoms with Gasteiger partial charge in [0, 0.05) is 36.3 Å². The van der Waals surface area contributed by atoms with Crippen LogP contribution in [0.1, 0.15) is 16.7 Å². The first-order valence-corrected chi connectivity index (χ1v) is 9.78. The van der Waals surface area contributed by atoms with Gasteiger partial charge in [-0.3, -0.25) is 19.9 Å². The number of benzene rings is 2. The number of allylic oxidation sites excluding steroid dienone is 2. The van der Waals surface area contributed by atoms with Gasteiger partial charge < -0.3 is 4.90 Å². The van der Waals surface area contributed by atoms with Gasteiger partial charge in [-0.15, -0.1) is 0 Å². The van der Waals surface area contributed by atoms with Crippen LogP contribution >= 0.6 is 0 Å². The molecule has 150 valence electrons. The second-order valence-electron chi connectivity index (χ2n) is 7.30. The number of carbonyl (C=O) groups excluding carboxylic acids is 1. The molecule has 1 aromatic heterocycles. The van der Waals surface area contributed by atoms with Crippen molar-refractivity contribution in [1.82, 2.24) is 9.88 Å². The summed E-state index contributed by atoms with van der Waals surface area (Å²) in [6.45, 7) is 0. The molecule has 0 amide bonds. The van der Waals surface area contributed by atoms with E-state index in [2.05, 4.69) is 4.98 Å². The van der Waals surface area contributed by atoms with Gasteiger partial charge in [-0.1, -0.05) is 48.5 Å². The lowest BCUT2D eigenvalue weighted by molar-refractivity contribution is -0.384. The maximum absolute atomic E-state index is 14.2. The number of aromatic nitrogens is 1. The topological polar surface area (TPSA) is 76.3 Å². The number of fused-ring (bicyclic) bond motifs is 1. The number of rotatable bonds is 4. The summed E-state index contributed by atoms with van der Waals surface area (Å²) >= 11 is 0. The van der Waals surface area contributed by atoms with Gasteiger partial charge in [0.15, 0.2) is 11.3 Å². The largest absolute Gasteiger partial charge is 0.326 e. The van der Waals surface area contributed by atoms with Crippen molar-refractivity contribution in [2.24, 2.45) is 0 Å². The van der Waals surface area contributed by atoms with E-state index in [0.717, 1.165) is 11.1 Å². The number of nitrogens with zero attached hydrogens (tertiary/aromatic N) is 3. The summed E-state index contributed by atoms with van der Waals surface area (Å²) in [7, 11) is 0. The standard InChI is InChI=1S/C25H17N3O3/c29-24-22(18-8-6-12-21(16-18)28(30)31)23(19-9-7-14-26-17-19)27-15-5-4-13-25(24,27)20-10-2-1-3-11-20/h1-17H. The van der Waals surface area contributed by atoms with Gasteiger partial charge in [0.25, 0.3) is 5.69 Å². The second kappa shape index (κ2) is 7.18. The molecular weight excluding hydrogens is 390 g/mol. The minimum absolute atomic E-state index is 0.0620. The highest BCUT2D eigenvalue weighted by Crippen LogP contribution is 2.51. The van der Waals surface area contributed by atoms with Gasteiger partial charge in [-0.25, -0.2) is 0 Å². The highest BCUT2D eigenvalue weighted by atomic mass is 16.6. The number of hydrogen-bond acceptors (Lipinski definition) is 5. The Kier molecular flexibility index (Phi) is 4.33. The van der Waals surface area contributed by atoms with Crippen LogP contribution in [0.3, 0.4) is 0 Å². The van der Waals surface area contributed by atoms with Crippen molar-refractivity contribution in [2.75, 3.05) is 0 Å². The fourth-order valence-corrected chi connectivity index (χ4v) is 4.27. The van der Waals surface area contributed by atoms with Crippen molar-refractivity contribution >= 4 is 22.7 Å². The normalized spacial score (nSPS) is 19.6. The minimum atomic E-state index is -1.07. The van der Waals surface area contributed by atoms with E-state index in [1.54, 1.807) is 24.5 Å². The summed E-state index contributed by atoms with van der Waals surface area (Å²) in [6.07, 6.45) is 10.9. The molecule has 1 atom stereocenters. The van der Waals surface area contributed by atoms with Gasteiger partial charge in [-0.05, 0) is 35.4 Å². The van der Waals surface area contributed by atoms with E-state index < -0.39 is 10.5 Å². The van der Waals surface area contributed by atoms with Crippen LogP contribution in [0.15, 0.2) is 104 Å². The summed E-state index contributed by atoms with van der Waals surface area (Å²) in [4.78, 5) is 31.3. The van der Waals surface area contributed by atoms with E-state index >= 15 is 0 Å². The molecule has 0 saturated heterocycles. The summed E-state index contributed by atoms with van der Waals surface area (Å²) in [5, 5.41) is 11.4. The maximum atomic E-state index is 14.2. The summed E-state index contributed by atoms with van der Waals surface area (Å²) < 4.78 is 0. The van der Waals surface area contributed by atoms with Crippen LogP contribution in [0.25, 0.3) is 11.3 Å². The molecule has 31 heavy (non-hydrogen) atoms. The van der Waals surface area contributed by atoms with Crippen molar-refractivity contribution in [3.8, 4) is 0 Å². The Morgan fingerprint density at radius 1 is 0.935 bits per heavy atom. The molecule has 3 aromatic rings. The summed E-state index contributed by atoms with van der Waals surface area (Å²) in [6, 6.07) is 19.5. The van der Waals surface area contributed by atoms with Gasteiger partial charge in [0.05, 0.1) is 16.2 Å². The monoisotopic (exact) mass is 407 g/mol. The second-order valence-corrected chi connectivity index (χ2v) is 7.30. The minimum Gasteiger partial charge on any atom is -0.326 e. The van der Waals surface area contributed by atoms with E-state index in [9.17, 15) is 14.9 Å². The zero-order chi connectivity index (χ0) is 21.4. The Bertz CT molecular complexity index is 1280. The van der Waals surface area contributed by atoms with Crippen LogP contribution in [0.4, 0.5) is 5.69 Å². The molecule has 0 N–H and O–H groups in total. The zero-order valence-corrected chi connectivity index (χ0v) is 16.4. The van der Waals surface area contributed by atoms with E-state index in [-0.39, 0.29) is 11.5 Å². The fraction of sp³-hybridized carbons (Fsp3) is 0.0400. The maximum Gasteiger partial charge on any atom is 0.270 e. The Balaban J connectivity index is 1.82. The van der Waals surface area contributed by atoms with E-state index in [4.69, 9.17) is 0 Å². The number of non-ortho nitro benzene ring substituents is 1. The Morgan fingerprint density at radius 3 is 2.48 bits per heavy atom. The van der Waals surface area contributed by atoms with Crippen LogP contribution in [0.2, 0.25) is 0 Å². The predicted molar refractivity (Wildman–Crippen MR) is 117 cm³/mol. The van der Waals surface area contributed by atoms with Crippen LogP contribution in [0.5, 0.6) is 0 Å². The number of pyridine rings is 1. The molecule has 0 radical (unpaired) electrons. The third kappa shape index (κ3) is 2.80.